The van der Waals surface area contributed by atoms with Crippen molar-refractivity contribution < 1.29 is 9.53 Å². The lowest BCUT2D eigenvalue weighted by Gasteiger charge is -2.16. The van der Waals surface area contributed by atoms with Gasteiger partial charge in [-0.2, -0.15) is 5.10 Å². The van der Waals surface area contributed by atoms with E-state index in [2.05, 4.69) is 10.2 Å². The molecule has 120 valence electrons. The molecule has 1 aliphatic rings. The molecule has 7 nitrogen and oxygen atoms in total. The van der Waals surface area contributed by atoms with Gasteiger partial charge in [-0.15, -0.1) is 5.10 Å². The van der Waals surface area contributed by atoms with Gasteiger partial charge in [0.2, 0.25) is 5.88 Å². The van der Waals surface area contributed by atoms with E-state index in [4.69, 9.17) is 4.74 Å². The van der Waals surface area contributed by atoms with Crippen LogP contribution in [0.25, 0.3) is 0 Å². The van der Waals surface area contributed by atoms with Crippen LogP contribution in [-0.4, -0.2) is 44.8 Å². The van der Waals surface area contributed by atoms with Crippen molar-refractivity contribution in [1.29, 1.82) is 0 Å². The normalized spacial score (nSPS) is 17.3. The van der Waals surface area contributed by atoms with Crippen LogP contribution >= 0.6 is 0 Å². The van der Waals surface area contributed by atoms with Gasteiger partial charge in [0, 0.05) is 32.3 Å². The third kappa shape index (κ3) is 3.23. The Morgan fingerprint density at radius 1 is 1.30 bits per heavy atom. The first-order valence-electron chi connectivity index (χ1n) is 7.46. The summed E-state index contributed by atoms with van der Waals surface area (Å²) < 4.78 is 7.15. The minimum atomic E-state index is -0.286. The predicted molar refractivity (Wildman–Crippen MR) is 83.4 cm³/mol. The summed E-state index contributed by atoms with van der Waals surface area (Å²) in [4.78, 5) is 26.2. The first-order chi connectivity index (χ1) is 11.0. The molecular formula is C16H18N4O3. The summed E-state index contributed by atoms with van der Waals surface area (Å²) in [6.07, 6.45) is 2.20. The molecule has 0 aromatic carbocycles. The fraction of sp³-hybridized carbons (Fsp3) is 0.375. The summed E-state index contributed by atoms with van der Waals surface area (Å²) in [7, 11) is 1.63. The number of carbonyl (C=O) groups excluding carboxylic acids is 1. The van der Waals surface area contributed by atoms with E-state index in [0.717, 1.165) is 5.69 Å². The number of hydrogen-bond acceptors (Lipinski definition) is 5. The lowest BCUT2D eigenvalue weighted by atomic mass is 10.2. The van der Waals surface area contributed by atoms with E-state index in [1.807, 2.05) is 13.0 Å². The number of ether oxygens (including phenoxy) is 1. The summed E-state index contributed by atoms with van der Waals surface area (Å²) in [5.41, 5.74) is 0.720. The average molecular weight is 314 g/mol. The molecule has 2 aromatic rings. The highest BCUT2D eigenvalue weighted by molar-refractivity contribution is 5.94. The summed E-state index contributed by atoms with van der Waals surface area (Å²) in [5.74, 6) is 0.192. The molecule has 1 atom stereocenters. The van der Waals surface area contributed by atoms with Gasteiger partial charge in [0.25, 0.3) is 11.5 Å². The summed E-state index contributed by atoms with van der Waals surface area (Å²) in [6.45, 7) is 2.85. The van der Waals surface area contributed by atoms with Crippen LogP contribution in [0.15, 0.2) is 35.3 Å². The highest BCUT2D eigenvalue weighted by Gasteiger charge is 2.29. The summed E-state index contributed by atoms with van der Waals surface area (Å²) >= 11 is 0. The van der Waals surface area contributed by atoms with Gasteiger partial charge >= 0.3 is 0 Å². The zero-order valence-corrected chi connectivity index (χ0v) is 13.1. The number of amides is 1. The molecule has 0 bridgehead atoms. The molecule has 0 unspecified atom stereocenters. The SMILES string of the molecule is Cc1ccc(O[C@H]2CCN(C(=O)c3cccn(C)c3=O)C2)nn1. The molecule has 0 N–H and O–H groups in total. The molecule has 7 heteroatoms. The van der Waals surface area contributed by atoms with Crippen LogP contribution in [0.1, 0.15) is 22.5 Å². The fourth-order valence-electron chi connectivity index (χ4n) is 2.56. The first kappa shape index (κ1) is 15.2. The molecule has 3 heterocycles. The standard InChI is InChI=1S/C16H18N4O3/c1-11-5-6-14(18-17-11)23-12-7-9-20(10-12)16(22)13-4-3-8-19(2)15(13)21/h3-6,8,12H,7,9-10H2,1-2H3/t12-/m0/s1. The van der Waals surface area contributed by atoms with E-state index in [1.54, 1.807) is 36.3 Å². The van der Waals surface area contributed by atoms with Gasteiger partial charge in [0.05, 0.1) is 12.2 Å². The van der Waals surface area contributed by atoms with Crippen molar-refractivity contribution in [1.82, 2.24) is 19.7 Å². The van der Waals surface area contributed by atoms with E-state index in [0.29, 0.717) is 25.4 Å². The smallest absolute Gasteiger partial charge is 0.263 e. The third-order valence-electron chi connectivity index (χ3n) is 3.85. The summed E-state index contributed by atoms with van der Waals surface area (Å²) in [6, 6.07) is 6.85. The number of carbonyl (C=O) groups is 1. The largest absolute Gasteiger partial charge is 0.471 e. The van der Waals surface area contributed by atoms with Crippen LogP contribution in [0.4, 0.5) is 0 Å². The Morgan fingerprint density at radius 3 is 2.87 bits per heavy atom. The average Bonchev–Trinajstić information content (AvgIpc) is 3.00. The number of pyridine rings is 1. The molecule has 0 spiro atoms. The molecule has 3 rings (SSSR count). The van der Waals surface area contributed by atoms with Crippen molar-refractivity contribution in [3.05, 3.63) is 52.1 Å². The molecular weight excluding hydrogens is 296 g/mol. The molecule has 1 amide bonds. The van der Waals surface area contributed by atoms with Gasteiger partial charge in [0.15, 0.2) is 0 Å². The molecule has 1 aliphatic heterocycles. The molecule has 1 fully saturated rings. The van der Waals surface area contributed by atoms with E-state index < -0.39 is 0 Å². The van der Waals surface area contributed by atoms with E-state index in [-0.39, 0.29) is 23.1 Å². The second-order valence-corrected chi connectivity index (χ2v) is 5.63. The van der Waals surface area contributed by atoms with Gasteiger partial charge in [-0.05, 0) is 25.1 Å². The monoisotopic (exact) mass is 314 g/mol. The Labute approximate surface area is 133 Å². The second kappa shape index (κ2) is 6.20. The number of aryl methyl sites for hydroxylation is 2. The van der Waals surface area contributed by atoms with Crippen LogP contribution in [0, 0.1) is 6.92 Å². The Kier molecular flexibility index (Phi) is 4.10. The topological polar surface area (TPSA) is 77.3 Å². The van der Waals surface area contributed by atoms with Crippen LogP contribution in [-0.2, 0) is 7.05 Å². The van der Waals surface area contributed by atoms with Gasteiger partial charge in [-0.1, -0.05) is 0 Å². The van der Waals surface area contributed by atoms with Crippen LogP contribution in [0.3, 0.4) is 0 Å². The number of nitrogens with zero attached hydrogens (tertiary/aromatic N) is 4. The molecule has 2 aromatic heterocycles. The lowest BCUT2D eigenvalue weighted by molar-refractivity contribution is 0.0768. The molecule has 1 saturated heterocycles. The Morgan fingerprint density at radius 2 is 2.13 bits per heavy atom. The van der Waals surface area contributed by atoms with Crippen molar-refractivity contribution in [2.24, 2.45) is 7.05 Å². The minimum Gasteiger partial charge on any atom is -0.471 e. The van der Waals surface area contributed by atoms with Gasteiger partial charge < -0.3 is 14.2 Å². The van der Waals surface area contributed by atoms with Crippen molar-refractivity contribution in [2.45, 2.75) is 19.4 Å². The fourth-order valence-corrected chi connectivity index (χ4v) is 2.56. The quantitative estimate of drug-likeness (QED) is 0.836. The van der Waals surface area contributed by atoms with Crippen molar-refractivity contribution in [3.8, 4) is 5.88 Å². The Bertz CT molecular complexity index is 770. The lowest BCUT2D eigenvalue weighted by Crippen LogP contribution is -2.35. The molecule has 0 saturated carbocycles. The molecule has 0 aliphatic carbocycles. The van der Waals surface area contributed by atoms with Gasteiger partial charge in [0.1, 0.15) is 11.7 Å². The minimum absolute atomic E-state index is 0.136. The summed E-state index contributed by atoms with van der Waals surface area (Å²) in [5, 5.41) is 7.91. The Hall–Kier alpha value is -2.70. The number of hydrogen-bond donors (Lipinski definition) is 0. The predicted octanol–water partition coefficient (Wildman–Crippen LogP) is 0.777. The maximum absolute atomic E-state index is 12.5. The maximum atomic E-state index is 12.5. The van der Waals surface area contributed by atoms with Crippen LogP contribution in [0.2, 0.25) is 0 Å². The highest BCUT2D eigenvalue weighted by Crippen LogP contribution is 2.17. The van der Waals surface area contributed by atoms with Crippen molar-refractivity contribution in [3.63, 3.8) is 0 Å². The Balaban J connectivity index is 1.67. The van der Waals surface area contributed by atoms with Crippen LogP contribution in [0.5, 0.6) is 5.88 Å². The van der Waals surface area contributed by atoms with Crippen LogP contribution < -0.4 is 10.3 Å². The van der Waals surface area contributed by atoms with Gasteiger partial charge in [-0.25, -0.2) is 0 Å². The third-order valence-corrected chi connectivity index (χ3v) is 3.85. The number of aromatic nitrogens is 3. The van der Waals surface area contributed by atoms with E-state index >= 15 is 0 Å². The van der Waals surface area contributed by atoms with E-state index in [1.165, 1.54) is 4.57 Å². The number of likely N-dealkylation sites (tertiary alicyclic amines) is 1. The maximum Gasteiger partial charge on any atom is 0.263 e. The van der Waals surface area contributed by atoms with Crippen molar-refractivity contribution >= 4 is 5.91 Å². The zero-order valence-electron chi connectivity index (χ0n) is 13.1. The molecule has 0 radical (unpaired) electrons. The highest BCUT2D eigenvalue weighted by atomic mass is 16.5. The molecule has 23 heavy (non-hydrogen) atoms. The number of rotatable bonds is 3. The van der Waals surface area contributed by atoms with E-state index in [9.17, 15) is 9.59 Å². The second-order valence-electron chi connectivity index (χ2n) is 5.63. The zero-order chi connectivity index (χ0) is 16.4. The van der Waals surface area contributed by atoms with Gasteiger partial charge in [-0.3, -0.25) is 9.59 Å². The first-order valence-corrected chi connectivity index (χ1v) is 7.46. The van der Waals surface area contributed by atoms with Crippen molar-refractivity contribution in [2.75, 3.05) is 13.1 Å².